The van der Waals surface area contributed by atoms with E-state index in [1.165, 1.54) is 11.1 Å². The van der Waals surface area contributed by atoms with Gasteiger partial charge < -0.3 is 16.0 Å². The lowest BCUT2D eigenvalue weighted by Crippen LogP contribution is -2.93. The van der Waals surface area contributed by atoms with Crippen molar-refractivity contribution in [1.29, 1.82) is 0 Å². The number of carbonyl (C=O) groups excluding carboxylic acids is 2. The van der Waals surface area contributed by atoms with Crippen LogP contribution >= 0.6 is 11.8 Å². The first-order chi connectivity index (χ1) is 14.1. The van der Waals surface area contributed by atoms with Gasteiger partial charge in [0.15, 0.2) is 6.04 Å². The Morgan fingerprint density at radius 2 is 1.76 bits per heavy atom. The molecule has 154 valence electrons. The molecule has 4 N–H and O–H groups in total. The average molecular weight is 413 g/mol. The highest BCUT2D eigenvalue weighted by atomic mass is 32.2. The highest BCUT2D eigenvalue weighted by Gasteiger charge is 2.31. The van der Waals surface area contributed by atoms with Crippen LogP contribution in [0.5, 0.6) is 0 Å². The van der Waals surface area contributed by atoms with Gasteiger partial charge in [-0.3, -0.25) is 9.59 Å². The number of amides is 2. The number of carbonyl (C=O) groups is 2. The summed E-state index contributed by atoms with van der Waals surface area (Å²) < 4.78 is 0. The maximum absolute atomic E-state index is 12.9. The average Bonchev–Trinajstić information content (AvgIpc) is 2.76. The first-order valence-corrected chi connectivity index (χ1v) is 11.5. The smallest absolute Gasteiger partial charge is 0.279 e. The zero-order valence-electron chi connectivity index (χ0n) is 17.1. The number of hydrogen-bond donors (Lipinski definition) is 3. The van der Waals surface area contributed by atoms with E-state index in [0.29, 0.717) is 12.8 Å². The van der Waals surface area contributed by atoms with Crippen LogP contribution in [0.1, 0.15) is 36.1 Å². The van der Waals surface area contributed by atoms with Crippen LogP contribution in [0.2, 0.25) is 0 Å². The van der Waals surface area contributed by atoms with Gasteiger partial charge >= 0.3 is 0 Å². The minimum Gasteiger partial charge on any atom is -0.348 e. The molecule has 1 aliphatic heterocycles. The molecular formula is C23H30N3O2S+. The molecule has 5 nitrogen and oxygen atoms in total. The van der Waals surface area contributed by atoms with Gasteiger partial charge in [0, 0.05) is 12.0 Å². The number of quaternary nitrogens is 1. The Morgan fingerprint density at radius 3 is 2.48 bits per heavy atom. The number of nitrogens with one attached hydrogen (secondary N) is 2. The van der Waals surface area contributed by atoms with E-state index in [-0.39, 0.29) is 23.9 Å². The molecule has 0 saturated carbocycles. The van der Waals surface area contributed by atoms with Crippen molar-refractivity contribution in [2.24, 2.45) is 0 Å². The van der Waals surface area contributed by atoms with Gasteiger partial charge in [-0.1, -0.05) is 54.6 Å². The van der Waals surface area contributed by atoms with Crippen LogP contribution in [0.25, 0.3) is 0 Å². The topological polar surface area (TPSA) is 74.8 Å². The van der Waals surface area contributed by atoms with Gasteiger partial charge in [-0.05, 0) is 36.5 Å². The predicted octanol–water partition coefficient (Wildman–Crippen LogP) is 1.79. The SMILES string of the molecule is CSCC[C@H](NC(=O)[C@@H]1Cc2ccccc2C[NH2+]1)C(=O)N[C@H](C)c1ccccc1. The maximum atomic E-state index is 12.9. The summed E-state index contributed by atoms with van der Waals surface area (Å²) in [4.78, 5) is 25.8. The van der Waals surface area contributed by atoms with Crippen LogP contribution in [-0.2, 0) is 22.6 Å². The Kier molecular flexibility index (Phi) is 7.72. The lowest BCUT2D eigenvalue weighted by atomic mass is 9.95. The summed E-state index contributed by atoms with van der Waals surface area (Å²) in [6.45, 7) is 2.76. The minimum absolute atomic E-state index is 0.0619. The maximum Gasteiger partial charge on any atom is 0.279 e. The zero-order chi connectivity index (χ0) is 20.6. The molecule has 0 spiro atoms. The van der Waals surface area contributed by atoms with Crippen molar-refractivity contribution in [1.82, 2.24) is 10.6 Å². The molecule has 1 aliphatic rings. The molecule has 6 heteroatoms. The third-order valence-corrected chi connectivity index (χ3v) is 6.06. The molecule has 1 heterocycles. The second-order valence-corrected chi connectivity index (χ2v) is 8.49. The number of rotatable bonds is 8. The number of benzene rings is 2. The first kappa shape index (κ1) is 21.4. The van der Waals surface area contributed by atoms with Gasteiger partial charge in [-0.25, -0.2) is 0 Å². The van der Waals surface area contributed by atoms with Gasteiger partial charge in [0.1, 0.15) is 12.6 Å². The van der Waals surface area contributed by atoms with Crippen molar-refractivity contribution in [3.63, 3.8) is 0 Å². The molecule has 0 fully saturated rings. The van der Waals surface area contributed by atoms with E-state index < -0.39 is 6.04 Å². The van der Waals surface area contributed by atoms with E-state index in [0.717, 1.165) is 17.9 Å². The van der Waals surface area contributed by atoms with Gasteiger partial charge in [-0.15, -0.1) is 0 Å². The van der Waals surface area contributed by atoms with E-state index >= 15 is 0 Å². The summed E-state index contributed by atoms with van der Waals surface area (Å²) in [5.41, 5.74) is 3.55. The van der Waals surface area contributed by atoms with Gasteiger partial charge in [0.25, 0.3) is 5.91 Å². The molecule has 2 aromatic rings. The van der Waals surface area contributed by atoms with E-state index in [9.17, 15) is 9.59 Å². The normalized spacial score (nSPS) is 17.7. The summed E-state index contributed by atoms with van der Waals surface area (Å²) in [6.07, 6.45) is 3.32. The highest BCUT2D eigenvalue weighted by Crippen LogP contribution is 2.14. The Bertz CT molecular complexity index is 828. The van der Waals surface area contributed by atoms with Crippen LogP contribution in [0.15, 0.2) is 54.6 Å². The van der Waals surface area contributed by atoms with Crippen LogP contribution in [0, 0.1) is 0 Å². The summed E-state index contributed by atoms with van der Waals surface area (Å²) >= 11 is 1.68. The highest BCUT2D eigenvalue weighted by molar-refractivity contribution is 7.98. The minimum atomic E-state index is -0.522. The molecule has 0 radical (unpaired) electrons. The van der Waals surface area contributed by atoms with Gasteiger partial charge in [0.05, 0.1) is 6.04 Å². The lowest BCUT2D eigenvalue weighted by Gasteiger charge is -2.26. The Hall–Kier alpha value is -2.31. The van der Waals surface area contributed by atoms with E-state index in [2.05, 4.69) is 28.1 Å². The van der Waals surface area contributed by atoms with E-state index in [1.54, 1.807) is 11.8 Å². The molecule has 3 rings (SSSR count). The van der Waals surface area contributed by atoms with Crippen molar-refractivity contribution in [3.8, 4) is 0 Å². The monoisotopic (exact) mass is 412 g/mol. The van der Waals surface area contributed by atoms with Crippen molar-refractivity contribution in [2.45, 2.75) is 44.4 Å². The number of fused-ring (bicyclic) bond motifs is 1. The molecule has 0 bridgehead atoms. The van der Waals surface area contributed by atoms with Crippen LogP contribution in [0.3, 0.4) is 0 Å². The van der Waals surface area contributed by atoms with Crippen molar-refractivity contribution < 1.29 is 14.9 Å². The zero-order valence-corrected chi connectivity index (χ0v) is 17.9. The van der Waals surface area contributed by atoms with Crippen LogP contribution in [0.4, 0.5) is 0 Å². The molecular weight excluding hydrogens is 382 g/mol. The first-order valence-electron chi connectivity index (χ1n) is 10.1. The molecule has 0 unspecified atom stereocenters. The number of nitrogens with two attached hydrogens (primary N) is 1. The van der Waals surface area contributed by atoms with E-state index in [4.69, 9.17) is 0 Å². The van der Waals surface area contributed by atoms with Crippen molar-refractivity contribution >= 4 is 23.6 Å². The van der Waals surface area contributed by atoms with Crippen molar-refractivity contribution in [3.05, 3.63) is 71.3 Å². The fourth-order valence-corrected chi connectivity index (χ4v) is 4.14. The largest absolute Gasteiger partial charge is 0.348 e. The molecule has 2 aromatic carbocycles. The number of hydrogen-bond acceptors (Lipinski definition) is 3. The summed E-state index contributed by atoms with van der Waals surface area (Å²) in [7, 11) is 0. The van der Waals surface area contributed by atoms with Crippen molar-refractivity contribution in [2.75, 3.05) is 12.0 Å². The quantitative estimate of drug-likeness (QED) is 0.619. The molecule has 0 aromatic heterocycles. The summed E-state index contributed by atoms with van der Waals surface area (Å²) in [6, 6.07) is 17.3. The number of thioether (sulfide) groups is 1. The molecule has 0 saturated heterocycles. The second-order valence-electron chi connectivity index (χ2n) is 7.50. The lowest BCUT2D eigenvalue weighted by molar-refractivity contribution is -0.695. The fraction of sp³-hybridized carbons (Fsp3) is 0.391. The Balaban J connectivity index is 1.62. The van der Waals surface area contributed by atoms with Gasteiger partial charge in [-0.2, -0.15) is 11.8 Å². The molecule has 3 atom stereocenters. The third kappa shape index (κ3) is 5.84. The standard InChI is InChI=1S/C23H29N3O2S/c1-16(17-8-4-3-5-9-17)25-22(27)20(12-13-29-2)26-23(28)21-14-18-10-6-7-11-19(18)15-24-21/h3-11,16,20-21,24H,12-15H2,1-2H3,(H,25,27)(H,26,28)/p+1/t16-,20+,21+/m1/s1. The Labute approximate surface area is 177 Å². The summed E-state index contributed by atoms with van der Waals surface area (Å²) in [5.74, 6) is 0.628. The van der Waals surface area contributed by atoms with E-state index in [1.807, 2.05) is 55.6 Å². The Morgan fingerprint density at radius 1 is 1.07 bits per heavy atom. The molecule has 0 aliphatic carbocycles. The summed E-state index contributed by atoms with van der Waals surface area (Å²) in [5, 5.41) is 8.13. The molecule has 2 amide bonds. The second kappa shape index (κ2) is 10.5. The third-order valence-electron chi connectivity index (χ3n) is 5.42. The predicted molar refractivity (Wildman–Crippen MR) is 117 cm³/mol. The van der Waals surface area contributed by atoms with Crippen LogP contribution in [-0.4, -0.2) is 35.9 Å². The van der Waals surface area contributed by atoms with Gasteiger partial charge in [0.2, 0.25) is 5.91 Å². The van der Waals surface area contributed by atoms with Crippen LogP contribution < -0.4 is 16.0 Å². The molecule has 29 heavy (non-hydrogen) atoms. The fourth-order valence-electron chi connectivity index (χ4n) is 3.67.